The van der Waals surface area contributed by atoms with Crippen molar-refractivity contribution in [1.29, 1.82) is 0 Å². The summed E-state index contributed by atoms with van der Waals surface area (Å²) in [7, 11) is 0. The van der Waals surface area contributed by atoms with Crippen molar-refractivity contribution in [2.75, 3.05) is 13.1 Å². The highest BCUT2D eigenvalue weighted by Crippen LogP contribution is 2.05. The Labute approximate surface area is 136 Å². The highest BCUT2D eigenvalue weighted by Gasteiger charge is 2.13. The molecule has 0 radical (unpaired) electrons. The largest absolute Gasteiger partial charge is 0.339 e. The molecule has 0 unspecified atom stereocenters. The summed E-state index contributed by atoms with van der Waals surface area (Å²) in [6.07, 6.45) is 5.65. The zero-order valence-corrected chi connectivity index (χ0v) is 13.7. The summed E-state index contributed by atoms with van der Waals surface area (Å²) in [5, 5.41) is 6.74. The Hall–Kier alpha value is -2.44. The second-order valence-electron chi connectivity index (χ2n) is 5.22. The van der Waals surface area contributed by atoms with E-state index in [1.165, 1.54) is 0 Å². The second kappa shape index (κ2) is 8.87. The molecule has 0 saturated heterocycles. The Kier molecular flexibility index (Phi) is 6.53. The van der Waals surface area contributed by atoms with E-state index in [0.29, 0.717) is 37.8 Å². The molecule has 2 amide bonds. The lowest BCUT2D eigenvalue weighted by molar-refractivity contribution is 0.195. The molecular weight excluding hydrogens is 294 g/mol. The maximum atomic E-state index is 12.3. The number of amides is 2. The number of nitrogens with one attached hydrogen (secondary N) is 1. The van der Waals surface area contributed by atoms with Gasteiger partial charge in [-0.15, -0.1) is 0 Å². The first-order valence-corrected chi connectivity index (χ1v) is 7.96. The molecule has 7 heteroatoms. The zero-order valence-electron chi connectivity index (χ0n) is 13.7. The van der Waals surface area contributed by atoms with Crippen LogP contribution in [0.2, 0.25) is 0 Å². The van der Waals surface area contributed by atoms with Crippen LogP contribution in [0.4, 0.5) is 4.79 Å². The highest BCUT2D eigenvalue weighted by molar-refractivity contribution is 5.74. The molecule has 0 bridgehead atoms. The predicted octanol–water partition coefficient (Wildman–Crippen LogP) is 2.19. The monoisotopic (exact) mass is 317 g/mol. The quantitative estimate of drug-likeness (QED) is 0.807. The minimum Gasteiger partial charge on any atom is -0.339 e. The fraction of sp³-hybridized carbons (Fsp3) is 0.500. The number of hydrogen-bond donors (Lipinski definition) is 1. The maximum Gasteiger partial charge on any atom is 0.317 e. The van der Waals surface area contributed by atoms with Crippen molar-refractivity contribution in [2.45, 2.75) is 39.7 Å². The fourth-order valence-electron chi connectivity index (χ4n) is 2.15. The first-order chi connectivity index (χ1) is 11.2. The Morgan fingerprint density at radius 2 is 2.09 bits per heavy atom. The minimum absolute atomic E-state index is 0.0844. The number of nitrogens with zero attached hydrogens (tertiary/aromatic N) is 4. The van der Waals surface area contributed by atoms with Crippen molar-refractivity contribution in [1.82, 2.24) is 25.3 Å². The average molecular weight is 317 g/mol. The van der Waals surface area contributed by atoms with Gasteiger partial charge in [-0.25, -0.2) is 4.79 Å². The van der Waals surface area contributed by atoms with Crippen LogP contribution in [0.15, 0.2) is 29.0 Å². The molecule has 0 aliphatic carbocycles. The van der Waals surface area contributed by atoms with E-state index in [1.807, 2.05) is 19.1 Å². The van der Waals surface area contributed by atoms with Crippen LogP contribution >= 0.6 is 0 Å². The highest BCUT2D eigenvalue weighted by atomic mass is 16.5. The molecule has 0 atom stereocenters. The number of rotatable bonds is 8. The summed E-state index contributed by atoms with van der Waals surface area (Å²) < 4.78 is 5.11. The van der Waals surface area contributed by atoms with Crippen LogP contribution in [0, 0.1) is 0 Å². The van der Waals surface area contributed by atoms with E-state index < -0.39 is 0 Å². The Bertz CT molecular complexity index is 600. The van der Waals surface area contributed by atoms with Gasteiger partial charge in [0.15, 0.2) is 5.82 Å². The summed E-state index contributed by atoms with van der Waals surface area (Å²) in [6.45, 7) is 5.77. The first-order valence-electron chi connectivity index (χ1n) is 7.96. The number of hydrogen-bond acceptors (Lipinski definition) is 5. The van der Waals surface area contributed by atoms with E-state index >= 15 is 0 Å². The van der Waals surface area contributed by atoms with Crippen molar-refractivity contribution in [3.63, 3.8) is 0 Å². The number of carbonyl (C=O) groups excluding carboxylic acids is 1. The molecule has 0 aromatic carbocycles. The molecule has 0 spiro atoms. The molecule has 0 aliphatic rings. The Balaban J connectivity index is 1.83. The van der Waals surface area contributed by atoms with Gasteiger partial charge < -0.3 is 14.7 Å². The van der Waals surface area contributed by atoms with Gasteiger partial charge in [-0.1, -0.05) is 19.0 Å². The van der Waals surface area contributed by atoms with E-state index in [-0.39, 0.29) is 6.03 Å². The lowest BCUT2D eigenvalue weighted by atomic mass is 10.2. The number of aryl methyl sites for hydroxylation is 1. The maximum absolute atomic E-state index is 12.3. The van der Waals surface area contributed by atoms with Crippen LogP contribution < -0.4 is 5.32 Å². The molecule has 2 rings (SSSR count). The van der Waals surface area contributed by atoms with E-state index in [4.69, 9.17) is 4.52 Å². The van der Waals surface area contributed by atoms with Crippen LogP contribution in [-0.4, -0.2) is 39.1 Å². The summed E-state index contributed by atoms with van der Waals surface area (Å²) in [6, 6.07) is 3.75. The molecule has 0 saturated carbocycles. The summed E-state index contributed by atoms with van der Waals surface area (Å²) >= 11 is 0. The topological polar surface area (TPSA) is 84.2 Å². The van der Waals surface area contributed by atoms with Crippen molar-refractivity contribution in [3.8, 4) is 0 Å². The van der Waals surface area contributed by atoms with Gasteiger partial charge in [0.25, 0.3) is 0 Å². The van der Waals surface area contributed by atoms with Gasteiger partial charge in [-0.2, -0.15) is 4.98 Å². The third-order valence-electron chi connectivity index (χ3n) is 3.34. The van der Waals surface area contributed by atoms with Crippen LogP contribution in [-0.2, 0) is 19.4 Å². The van der Waals surface area contributed by atoms with Crippen LogP contribution in [0.25, 0.3) is 0 Å². The van der Waals surface area contributed by atoms with E-state index in [1.54, 1.807) is 17.3 Å². The van der Waals surface area contributed by atoms with Gasteiger partial charge >= 0.3 is 6.03 Å². The SMILES string of the molecule is CCCN(Cc1ccncc1)C(=O)NCCc1nc(CC)no1. The number of urea groups is 1. The predicted molar refractivity (Wildman–Crippen MR) is 85.7 cm³/mol. The molecule has 0 fully saturated rings. The van der Waals surface area contributed by atoms with Gasteiger partial charge in [-0.3, -0.25) is 4.98 Å². The van der Waals surface area contributed by atoms with Gasteiger partial charge in [0.2, 0.25) is 5.89 Å². The van der Waals surface area contributed by atoms with Crippen molar-refractivity contribution in [3.05, 3.63) is 41.8 Å². The Morgan fingerprint density at radius 1 is 1.30 bits per heavy atom. The molecule has 23 heavy (non-hydrogen) atoms. The van der Waals surface area contributed by atoms with Crippen molar-refractivity contribution < 1.29 is 9.32 Å². The zero-order chi connectivity index (χ0) is 16.5. The number of carbonyl (C=O) groups is 1. The minimum atomic E-state index is -0.0844. The van der Waals surface area contributed by atoms with Crippen LogP contribution in [0.1, 0.15) is 37.5 Å². The third kappa shape index (κ3) is 5.36. The lowest BCUT2D eigenvalue weighted by Gasteiger charge is -2.22. The molecule has 7 nitrogen and oxygen atoms in total. The molecule has 124 valence electrons. The standard InChI is InChI=1S/C16H23N5O2/c1-3-11-21(12-13-5-8-17-9-6-13)16(22)18-10-7-15-19-14(4-2)20-23-15/h5-6,8-9H,3-4,7,10-12H2,1-2H3,(H,18,22). The summed E-state index contributed by atoms with van der Waals surface area (Å²) in [5.41, 5.74) is 1.06. The van der Waals surface area contributed by atoms with Gasteiger partial charge in [0, 0.05) is 44.9 Å². The average Bonchev–Trinajstić information content (AvgIpc) is 3.03. The van der Waals surface area contributed by atoms with Crippen molar-refractivity contribution in [2.24, 2.45) is 0 Å². The molecule has 2 heterocycles. The van der Waals surface area contributed by atoms with Crippen LogP contribution in [0.3, 0.4) is 0 Å². The smallest absolute Gasteiger partial charge is 0.317 e. The van der Waals surface area contributed by atoms with E-state index in [9.17, 15) is 4.79 Å². The molecule has 1 N–H and O–H groups in total. The third-order valence-corrected chi connectivity index (χ3v) is 3.34. The van der Waals surface area contributed by atoms with Gasteiger partial charge in [0.1, 0.15) is 0 Å². The van der Waals surface area contributed by atoms with E-state index in [2.05, 4.69) is 27.4 Å². The van der Waals surface area contributed by atoms with Crippen molar-refractivity contribution >= 4 is 6.03 Å². The molecule has 0 aliphatic heterocycles. The summed E-state index contributed by atoms with van der Waals surface area (Å²) in [4.78, 5) is 22.3. The van der Waals surface area contributed by atoms with Gasteiger partial charge in [0.05, 0.1) is 0 Å². The number of pyridine rings is 1. The van der Waals surface area contributed by atoms with Crippen LogP contribution in [0.5, 0.6) is 0 Å². The first kappa shape index (κ1) is 16.9. The molecular formula is C16H23N5O2. The van der Waals surface area contributed by atoms with E-state index in [0.717, 1.165) is 18.4 Å². The molecule has 2 aromatic rings. The normalized spacial score (nSPS) is 10.5. The Morgan fingerprint density at radius 3 is 2.74 bits per heavy atom. The van der Waals surface area contributed by atoms with Gasteiger partial charge in [-0.05, 0) is 24.1 Å². The summed E-state index contributed by atoms with van der Waals surface area (Å²) in [5.74, 6) is 1.25. The fourth-order valence-corrected chi connectivity index (χ4v) is 2.15. The lowest BCUT2D eigenvalue weighted by Crippen LogP contribution is -2.40. The number of aromatic nitrogens is 3. The molecule has 2 aromatic heterocycles. The second-order valence-corrected chi connectivity index (χ2v) is 5.22.